The van der Waals surface area contributed by atoms with Crippen LogP contribution in [-0.4, -0.2) is 14.3 Å². The van der Waals surface area contributed by atoms with E-state index in [-0.39, 0.29) is 5.97 Å². The minimum absolute atomic E-state index is 0.260. The van der Waals surface area contributed by atoms with Gasteiger partial charge in [0.15, 0.2) is 0 Å². The molecule has 14 heavy (non-hydrogen) atoms. The van der Waals surface area contributed by atoms with Gasteiger partial charge in [0.25, 0.3) is 0 Å². The zero-order chi connectivity index (χ0) is 10.8. The summed E-state index contributed by atoms with van der Waals surface area (Å²) in [6.07, 6.45) is 0. The summed E-state index contributed by atoms with van der Waals surface area (Å²) in [6, 6.07) is 6.75. The predicted octanol–water partition coefficient (Wildman–Crippen LogP) is 2.26. The molecule has 76 valence electrons. The Morgan fingerprint density at radius 2 is 1.71 bits per heavy atom. The van der Waals surface area contributed by atoms with Crippen molar-refractivity contribution in [1.29, 1.82) is 0 Å². The van der Waals surface area contributed by atoms with Crippen molar-refractivity contribution < 1.29 is 9.22 Å². The SMILES string of the molecule is C[Si](C)(C)OC(=O)c1ccc(N)cc1. The fourth-order valence-electron chi connectivity index (χ4n) is 0.956. The number of hydrogen-bond donors (Lipinski definition) is 1. The lowest BCUT2D eigenvalue weighted by Gasteiger charge is -2.17. The Kier molecular flexibility index (Phi) is 2.95. The van der Waals surface area contributed by atoms with Gasteiger partial charge in [0.2, 0.25) is 8.32 Å². The highest BCUT2D eigenvalue weighted by Crippen LogP contribution is 2.11. The lowest BCUT2D eigenvalue weighted by Crippen LogP contribution is -2.29. The van der Waals surface area contributed by atoms with E-state index in [9.17, 15) is 4.79 Å². The number of benzene rings is 1. The molecule has 0 aromatic heterocycles. The van der Waals surface area contributed by atoms with Gasteiger partial charge in [-0.2, -0.15) is 0 Å². The second kappa shape index (κ2) is 3.83. The average molecular weight is 209 g/mol. The van der Waals surface area contributed by atoms with E-state index < -0.39 is 8.32 Å². The quantitative estimate of drug-likeness (QED) is 0.600. The summed E-state index contributed by atoms with van der Waals surface area (Å²) in [5, 5.41) is 0. The minimum atomic E-state index is -1.80. The van der Waals surface area contributed by atoms with E-state index in [0.717, 1.165) is 0 Å². The maximum Gasteiger partial charge on any atom is 0.324 e. The molecule has 0 heterocycles. The molecule has 0 amide bonds. The molecule has 0 spiro atoms. The zero-order valence-electron chi connectivity index (χ0n) is 8.70. The van der Waals surface area contributed by atoms with Gasteiger partial charge in [0.1, 0.15) is 0 Å². The molecule has 0 aliphatic heterocycles. The van der Waals surface area contributed by atoms with E-state index in [2.05, 4.69) is 0 Å². The van der Waals surface area contributed by atoms with Crippen molar-refractivity contribution in [2.45, 2.75) is 19.6 Å². The Morgan fingerprint density at radius 1 is 1.21 bits per heavy atom. The van der Waals surface area contributed by atoms with Gasteiger partial charge in [-0.25, -0.2) is 4.79 Å². The van der Waals surface area contributed by atoms with Crippen LogP contribution < -0.4 is 5.73 Å². The summed E-state index contributed by atoms with van der Waals surface area (Å²) in [6.45, 7) is 5.92. The standard InChI is InChI=1S/C10H15NO2Si/c1-14(2,3)13-10(12)8-4-6-9(11)7-5-8/h4-7H,11H2,1-3H3. The van der Waals surface area contributed by atoms with E-state index in [1.54, 1.807) is 24.3 Å². The third-order valence-electron chi connectivity index (χ3n) is 1.55. The molecule has 0 aliphatic carbocycles. The van der Waals surface area contributed by atoms with Gasteiger partial charge < -0.3 is 10.2 Å². The van der Waals surface area contributed by atoms with Crippen LogP contribution >= 0.6 is 0 Å². The second-order valence-electron chi connectivity index (χ2n) is 4.12. The van der Waals surface area contributed by atoms with Crippen LogP contribution in [-0.2, 0) is 4.43 Å². The topological polar surface area (TPSA) is 52.3 Å². The molecule has 3 nitrogen and oxygen atoms in total. The normalized spacial score (nSPS) is 11.1. The first kappa shape index (κ1) is 10.8. The third-order valence-corrected chi connectivity index (χ3v) is 2.34. The molecule has 0 saturated heterocycles. The number of carbonyl (C=O) groups is 1. The van der Waals surface area contributed by atoms with E-state index in [0.29, 0.717) is 11.3 Å². The lowest BCUT2D eigenvalue weighted by molar-refractivity contribution is 0.0724. The van der Waals surface area contributed by atoms with Crippen LogP contribution in [0.3, 0.4) is 0 Å². The largest absolute Gasteiger partial charge is 0.516 e. The summed E-state index contributed by atoms with van der Waals surface area (Å²) >= 11 is 0. The van der Waals surface area contributed by atoms with Crippen LogP contribution in [0.2, 0.25) is 19.6 Å². The fraction of sp³-hybridized carbons (Fsp3) is 0.300. The smallest absolute Gasteiger partial charge is 0.324 e. The van der Waals surface area contributed by atoms with Crippen molar-refractivity contribution in [2.24, 2.45) is 0 Å². The molecule has 0 saturated carbocycles. The molecular weight excluding hydrogens is 194 g/mol. The van der Waals surface area contributed by atoms with E-state index in [1.165, 1.54) is 0 Å². The maximum atomic E-state index is 11.5. The zero-order valence-corrected chi connectivity index (χ0v) is 9.70. The highest BCUT2D eigenvalue weighted by Gasteiger charge is 2.20. The number of carbonyl (C=O) groups excluding carboxylic acids is 1. The molecule has 0 radical (unpaired) electrons. The van der Waals surface area contributed by atoms with Crippen LogP contribution in [0.1, 0.15) is 10.4 Å². The number of nitrogens with two attached hydrogens (primary N) is 1. The summed E-state index contributed by atoms with van der Waals surface area (Å²) in [7, 11) is -1.80. The van der Waals surface area contributed by atoms with Gasteiger partial charge in [-0.3, -0.25) is 0 Å². The molecule has 1 aromatic carbocycles. The molecular formula is C10H15NO2Si. The van der Waals surface area contributed by atoms with Crippen LogP contribution in [0, 0.1) is 0 Å². The Labute approximate surface area is 85.0 Å². The summed E-state index contributed by atoms with van der Waals surface area (Å²) in [5.41, 5.74) is 6.72. The highest BCUT2D eigenvalue weighted by atomic mass is 28.4. The Balaban J connectivity index is 2.76. The van der Waals surface area contributed by atoms with Crippen molar-refractivity contribution in [2.75, 3.05) is 5.73 Å². The monoisotopic (exact) mass is 209 g/mol. The summed E-state index contributed by atoms with van der Waals surface area (Å²) in [4.78, 5) is 11.5. The maximum absolute atomic E-state index is 11.5. The molecule has 0 bridgehead atoms. The third kappa shape index (κ3) is 3.22. The van der Waals surface area contributed by atoms with Crippen LogP contribution in [0.15, 0.2) is 24.3 Å². The van der Waals surface area contributed by atoms with Crippen LogP contribution in [0.5, 0.6) is 0 Å². The van der Waals surface area contributed by atoms with E-state index in [4.69, 9.17) is 10.2 Å². The summed E-state index contributed by atoms with van der Waals surface area (Å²) in [5.74, 6) is -0.260. The molecule has 2 N–H and O–H groups in total. The van der Waals surface area contributed by atoms with Crippen molar-refractivity contribution in [3.8, 4) is 0 Å². The molecule has 0 unspecified atom stereocenters. The predicted molar refractivity (Wildman–Crippen MR) is 59.6 cm³/mol. The van der Waals surface area contributed by atoms with E-state index >= 15 is 0 Å². The van der Waals surface area contributed by atoms with Gasteiger partial charge >= 0.3 is 5.97 Å². The van der Waals surface area contributed by atoms with Gasteiger partial charge in [-0.05, 0) is 43.9 Å². The highest BCUT2D eigenvalue weighted by molar-refractivity contribution is 6.71. The first-order chi connectivity index (χ1) is 6.38. The molecule has 0 fully saturated rings. The number of rotatable bonds is 2. The number of anilines is 1. The van der Waals surface area contributed by atoms with Crippen molar-refractivity contribution in [3.05, 3.63) is 29.8 Å². The summed E-state index contributed by atoms with van der Waals surface area (Å²) < 4.78 is 5.32. The minimum Gasteiger partial charge on any atom is -0.516 e. The number of hydrogen-bond acceptors (Lipinski definition) is 3. The average Bonchev–Trinajstić information content (AvgIpc) is 2.02. The lowest BCUT2D eigenvalue weighted by atomic mass is 10.2. The van der Waals surface area contributed by atoms with E-state index in [1.807, 2.05) is 19.6 Å². The first-order valence-electron chi connectivity index (χ1n) is 4.47. The van der Waals surface area contributed by atoms with Gasteiger partial charge in [0, 0.05) is 5.69 Å². The number of nitrogen functional groups attached to an aromatic ring is 1. The van der Waals surface area contributed by atoms with Gasteiger partial charge in [-0.15, -0.1) is 0 Å². The van der Waals surface area contributed by atoms with Gasteiger partial charge in [-0.1, -0.05) is 0 Å². The van der Waals surface area contributed by atoms with Crippen LogP contribution in [0.4, 0.5) is 5.69 Å². The Hall–Kier alpha value is -1.29. The molecule has 0 atom stereocenters. The van der Waals surface area contributed by atoms with Crippen molar-refractivity contribution in [1.82, 2.24) is 0 Å². The molecule has 0 aliphatic rings. The molecule has 1 rings (SSSR count). The Morgan fingerprint density at radius 3 is 2.14 bits per heavy atom. The fourth-order valence-corrected chi connectivity index (χ4v) is 1.63. The molecule has 1 aromatic rings. The van der Waals surface area contributed by atoms with Crippen LogP contribution in [0.25, 0.3) is 0 Å². The first-order valence-corrected chi connectivity index (χ1v) is 7.88. The van der Waals surface area contributed by atoms with Gasteiger partial charge in [0.05, 0.1) is 5.56 Å². The van der Waals surface area contributed by atoms with Crippen molar-refractivity contribution in [3.63, 3.8) is 0 Å². The second-order valence-corrected chi connectivity index (χ2v) is 8.55. The molecule has 4 heteroatoms. The Bertz CT molecular complexity index is 327. The van der Waals surface area contributed by atoms with Crippen molar-refractivity contribution >= 4 is 20.0 Å².